The Balaban J connectivity index is 1.27. The van der Waals surface area contributed by atoms with Gasteiger partial charge in [0.1, 0.15) is 0 Å². The highest BCUT2D eigenvalue weighted by Crippen LogP contribution is 2.37. The fraction of sp³-hybridized carbons (Fsp3) is 0.611. The summed E-state index contributed by atoms with van der Waals surface area (Å²) in [7, 11) is 0. The first-order valence-electron chi connectivity index (χ1n) is 8.54. The number of hydrogen-bond acceptors (Lipinski definition) is 4. The van der Waals surface area contributed by atoms with Crippen LogP contribution in [-0.4, -0.2) is 49.7 Å². The first-order chi connectivity index (χ1) is 11.2. The molecule has 2 unspecified atom stereocenters. The van der Waals surface area contributed by atoms with Crippen molar-refractivity contribution < 1.29 is 14.3 Å². The number of ether oxygens (including phenoxy) is 2. The van der Waals surface area contributed by atoms with Crippen molar-refractivity contribution in [3.63, 3.8) is 0 Å². The second-order valence-electron chi connectivity index (χ2n) is 7.09. The molecule has 3 aliphatic heterocycles. The molecule has 3 heterocycles. The topological polar surface area (TPSA) is 50.8 Å². The lowest BCUT2D eigenvalue weighted by Crippen LogP contribution is -2.44. The zero-order chi connectivity index (χ0) is 15.7. The Morgan fingerprint density at radius 1 is 1.22 bits per heavy atom. The van der Waals surface area contributed by atoms with Crippen molar-refractivity contribution in [3.05, 3.63) is 35.9 Å². The van der Waals surface area contributed by atoms with Crippen molar-refractivity contribution in [1.82, 2.24) is 10.2 Å². The zero-order valence-electron chi connectivity index (χ0n) is 13.4. The van der Waals surface area contributed by atoms with Gasteiger partial charge in [-0.2, -0.15) is 0 Å². The normalized spacial score (nSPS) is 30.7. The molecular formula is C18H24N2O3. The zero-order valence-corrected chi connectivity index (χ0v) is 13.4. The van der Waals surface area contributed by atoms with Gasteiger partial charge >= 0.3 is 0 Å². The quantitative estimate of drug-likeness (QED) is 0.922. The van der Waals surface area contributed by atoms with E-state index in [-0.39, 0.29) is 23.7 Å². The minimum absolute atomic E-state index is 0.137. The number of likely N-dealkylation sites (tertiary alicyclic amines) is 1. The van der Waals surface area contributed by atoms with Crippen molar-refractivity contribution in [1.29, 1.82) is 0 Å². The third kappa shape index (κ3) is 3.27. The summed E-state index contributed by atoms with van der Waals surface area (Å²) in [5.41, 5.74) is 1.30. The van der Waals surface area contributed by atoms with Crippen LogP contribution in [-0.2, 0) is 14.3 Å². The summed E-state index contributed by atoms with van der Waals surface area (Å²) in [4.78, 5) is 13.9. The van der Waals surface area contributed by atoms with E-state index in [1.807, 2.05) is 30.3 Å². The van der Waals surface area contributed by atoms with Crippen molar-refractivity contribution in [2.45, 2.75) is 31.7 Å². The Hall–Kier alpha value is -1.43. The fourth-order valence-corrected chi connectivity index (χ4v) is 3.93. The maximum absolute atomic E-state index is 11.5. The smallest absolute Gasteiger partial charge is 0.220 e. The van der Waals surface area contributed by atoms with Gasteiger partial charge in [0.2, 0.25) is 5.91 Å². The van der Waals surface area contributed by atoms with E-state index in [1.54, 1.807) is 0 Å². The molecule has 0 saturated carbocycles. The molecule has 0 aliphatic carbocycles. The van der Waals surface area contributed by atoms with Crippen LogP contribution in [0.1, 0.15) is 31.1 Å². The lowest BCUT2D eigenvalue weighted by molar-refractivity contribution is -0.119. The largest absolute Gasteiger partial charge is 0.356 e. The van der Waals surface area contributed by atoms with Crippen LogP contribution in [0.25, 0.3) is 0 Å². The van der Waals surface area contributed by atoms with Gasteiger partial charge in [-0.05, 0) is 31.3 Å². The summed E-state index contributed by atoms with van der Waals surface area (Å²) in [6.45, 7) is 4.52. The van der Waals surface area contributed by atoms with Crippen LogP contribution in [0.3, 0.4) is 0 Å². The molecule has 5 nitrogen and oxygen atoms in total. The van der Waals surface area contributed by atoms with Gasteiger partial charge < -0.3 is 19.7 Å². The number of hydrogen-bond donors (Lipinski definition) is 1. The minimum Gasteiger partial charge on any atom is -0.356 e. The molecule has 0 radical (unpaired) electrons. The summed E-state index contributed by atoms with van der Waals surface area (Å²) in [5, 5.41) is 2.99. The molecule has 3 saturated heterocycles. The summed E-state index contributed by atoms with van der Waals surface area (Å²) < 4.78 is 11.9. The Morgan fingerprint density at radius 3 is 2.70 bits per heavy atom. The monoisotopic (exact) mass is 316 g/mol. The molecule has 124 valence electrons. The van der Waals surface area contributed by atoms with Crippen LogP contribution in [0.5, 0.6) is 0 Å². The number of carbonyl (C=O) groups is 1. The Morgan fingerprint density at radius 2 is 2.00 bits per heavy atom. The number of carbonyl (C=O) groups excluding carboxylic acids is 1. The van der Waals surface area contributed by atoms with Gasteiger partial charge in [0.05, 0.1) is 12.7 Å². The van der Waals surface area contributed by atoms with Crippen LogP contribution in [0, 0.1) is 5.41 Å². The molecule has 1 N–H and O–H groups in total. The first kappa shape index (κ1) is 15.1. The number of benzene rings is 1. The van der Waals surface area contributed by atoms with E-state index in [1.165, 1.54) is 0 Å². The van der Waals surface area contributed by atoms with E-state index >= 15 is 0 Å². The van der Waals surface area contributed by atoms with Gasteiger partial charge in [-0.25, -0.2) is 0 Å². The van der Waals surface area contributed by atoms with Crippen LogP contribution < -0.4 is 5.32 Å². The third-order valence-electron chi connectivity index (χ3n) is 5.40. The molecule has 3 fully saturated rings. The maximum atomic E-state index is 11.5. The Bertz CT molecular complexity index is 555. The number of nitrogens with one attached hydrogen (secondary N) is 1. The van der Waals surface area contributed by atoms with Crippen molar-refractivity contribution in [2.75, 3.05) is 32.8 Å². The highest BCUT2D eigenvalue weighted by atomic mass is 16.7. The van der Waals surface area contributed by atoms with E-state index in [4.69, 9.17) is 9.47 Å². The molecule has 0 aromatic heterocycles. The number of piperidine rings is 1. The van der Waals surface area contributed by atoms with Crippen molar-refractivity contribution >= 4 is 5.91 Å². The molecule has 23 heavy (non-hydrogen) atoms. The average Bonchev–Trinajstić information content (AvgIpc) is 3.18. The predicted molar refractivity (Wildman–Crippen MR) is 85.7 cm³/mol. The van der Waals surface area contributed by atoms with Gasteiger partial charge in [0.15, 0.2) is 6.29 Å². The van der Waals surface area contributed by atoms with Crippen molar-refractivity contribution in [3.8, 4) is 0 Å². The predicted octanol–water partition coefficient (Wildman–Crippen LogP) is 1.70. The van der Waals surface area contributed by atoms with Crippen molar-refractivity contribution in [2.24, 2.45) is 5.41 Å². The van der Waals surface area contributed by atoms with E-state index < -0.39 is 0 Å². The molecule has 1 spiro atoms. The highest BCUT2D eigenvalue weighted by Gasteiger charge is 2.41. The number of amides is 1. The van der Waals surface area contributed by atoms with E-state index in [0.29, 0.717) is 13.0 Å². The third-order valence-corrected chi connectivity index (χ3v) is 5.40. The molecule has 2 atom stereocenters. The fourth-order valence-electron chi connectivity index (χ4n) is 3.93. The summed E-state index contributed by atoms with van der Waals surface area (Å²) >= 11 is 0. The van der Waals surface area contributed by atoms with Crippen LogP contribution in [0.4, 0.5) is 0 Å². The van der Waals surface area contributed by atoms with Gasteiger partial charge in [-0.15, -0.1) is 0 Å². The summed E-state index contributed by atoms with van der Waals surface area (Å²) in [6, 6.07) is 10.1. The van der Waals surface area contributed by atoms with Crippen LogP contribution in [0.2, 0.25) is 0 Å². The van der Waals surface area contributed by atoms with Gasteiger partial charge in [-0.3, -0.25) is 4.79 Å². The number of rotatable bonds is 3. The molecule has 4 rings (SSSR count). The molecule has 1 aromatic carbocycles. The molecule has 3 aliphatic rings. The second kappa shape index (κ2) is 6.23. The van der Waals surface area contributed by atoms with Crippen LogP contribution in [0.15, 0.2) is 30.3 Å². The lowest BCUT2D eigenvalue weighted by atomic mass is 9.77. The highest BCUT2D eigenvalue weighted by molar-refractivity contribution is 5.79. The molecule has 0 bridgehead atoms. The summed E-state index contributed by atoms with van der Waals surface area (Å²) in [5.74, 6) is 0.219. The van der Waals surface area contributed by atoms with Gasteiger partial charge in [-0.1, -0.05) is 30.3 Å². The number of nitrogens with zero attached hydrogens (tertiary/aromatic N) is 1. The molecule has 5 heteroatoms. The van der Waals surface area contributed by atoms with E-state index in [2.05, 4.69) is 10.2 Å². The minimum atomic E-state index is -0.228. The first-order valence-corrected chi connectivity index (χ1v) is 8.54. The van der Waals surface area contributed by atoms with Crippen LogP contribution >= 0.6 is 0 Å². The molecule has 1 amide bonds. The molecular weight excluding hydrogens is 292 g/mol. The van der Waals surface area contributed by atoms with E-state index in [0.717, 1.165) is 44.6 Å². The Kier molecular flexibility index (Phi) is 4.09. The Labute approximate surface area is 136 Å². The SMILES string of the molecule is O=C1CC2(CCN(CC3COC(c4ccccc4)O3)CC2)CN1. The van der Waals surface area contributed by atoms with Gasteiger partial charge in [0.25, 0.3) is 0 Å². The average molecular weight is 316 g/mol. The van der Waals surface area contributed by atoms with Gasteiger partial charge in [0, 0.05) is 25.1 Å². The summed E-state index contributed by atoms with van der Waals surface area (Å²) in [6.07, 6.45) is 2.81. The molecule has 1 aromatic rings. The maximum Gasteiger partial charge on any atom is 0.220 e. The standard InChI is InChI=1S/C18H24N2O3/c21-16-10-18(13-19-16)6-8-20(9-7-18)11-15-12-22-17(23-15)14-4-2-1-3-5-14/h1-5,15,17H,6-13H2,(H,19,21). The lowest BCUT2D eigenvalue weighted by Gasteiger charge is -2.38. The second-order valence-corrected chi connectivity index (χ2v) is 7.09. The van der Waals surface area contributed by atoms with E-state index in [9.17, 15) is 4.79 Å².